The van der Waals surface area contributed by atoms with Gasteiger partial charge in [0.2, 0.25) is 0 Å². The molecule has 1 amide bonds. The lowest BCUT2D eigenvalue weighted by atomic mass is 9.98. The molecule has 5 rings (SSSR count). The molecule has 7 nitrogen and oxygen atoms in total. The van der Waals surface area contributed by atoms with Crippen molar-refractivity contribution < 1.29 is 14.6 Å². The largest absolute Gasteiger partial charge is 0.508 e. The van der Waals surface area contributed by atoms with Gasteiger partial charge in [0, 0.05) is 38.3 Å². The molecule has 2 aliphatic heterocycles. The van der Waals surface area contributed by atoms with E-state index in [2.05, 4.69) is 9.80 Å². The fourth-order valence-corrected chi connectivity index (χ4v) is 4.72. The predicted octanol–water partition coefficient (Wildman–Crippen LogP) is 3.90. The minimum atomic E-state index is -0.137. The van der Waals surface area contributed by atoms with E-state index >= 15 is 0 Å². The molecule has 1 atom stereocenters. The van der Waals surface area contributed by atoms with Crippen molar-refractivity contribution in [2.45, 2.75) is 12.5 Å². The van der Waals surface area contributed by atoms with E-state index in [0.29, 0.717) is 13.0 Å². The number of rotatable bonds is 6. The van der Waals surface area contributed by atoms with Gasteiger partial charge in [0.05, 0.1) is 25.4 Å². The van der Waals surface area contributed by atoms with Crippen LogP contribution in [-0.4, -0.2) is 66.5 Å². The van der Waals surface area contributed by atoms with E-state index in [1.165, 1.54) is 0 Å². The van der Waals surface area contributed by atoms with Crippen LogP contribution in [0, 0.1) is 0 Å². The zero-order chi connectivity index (χ0) is 24.2. The van der Waals surface area contributed by atoms with Gasteiger partial charge in [0.1, 0.15) is 11.5 Å². The highest BCUT2D eigenvalue weighted by molar-refractivity contribution is 6.03. The summed E-state index contributed by atoms with van der Waals surface area (Å²) < 4.78 is 5.31. The molecule has 1 saturated heterocycles. The van der Waals surface area contributed by atoms with E-state index < -0.39 is 0 Å². The van der Waals surface area contributed by atoms with Crippen molar-refractivity contribution in [2.24, 2.45) is 5.10 Å². The van der Waals surface area contributed by atoms with Crippen LogP contribution in [0.3, 0.4) is 0 Å². The van der Waals surface area contributed by atoms with Crippen LogP contribution in [0.15, 0.2) is 84.0 Å². The fourth-order valence-electron chi connectivity index (χ4n) is 4.72. The second-order valence-corrected chi connectivity index (χ2v) is 8.92. The number of amides is 1. The van der Waals surface area contributed by atoms with Gasteiger partial charge >= 0.3 is 0 Å². The highest BCUT2D eigenvalue weighted by Gasteiger charge is 2.34. The standard InChI is InChI=1S/C28H30N4O3/c1-35-25-13-7-22(8-14-25)27-19-26(21-5-3-2-4-6-21)29-32(27)28(34)20-30-15-17-31(18-16-30)23-9-11-24(33)12-10-23/h2-14,27,33H,15-20H2,1H3/t27-/m1/s1. The van der Waals surface area contributed by atoms with Crippen molar-refractivity contribution in [2.75, 3.05) is 44.7 Å². The molecule has 7 heteroatoms. The molecule has 0 bridgehead atoms. The molecule has 0 unspecified atom stereocenters. The lowest BCUT2D eigenvalue weighted by Gasteiger charge is -2.36. The Morgan fingerprint density at radius 2 is 1.63 bits per heavy atom. The summed E-state index contributed by atoms with van der Waals surface area (Å²) >= 11 is 0. The Balaban J connectivity index is 1.29. The zero-order valence-corrected chi connectivity index (χ0v) is 19.9. The minimum absolute atomic E-state index is 0.00910. The topological polar surface area (TPSA) is 68.6 Å². The molecule has 0 aromatic heterocycles. The van der Waals surface area contributed by atoms with E-state index in [9.17, 15) is 9.90 Å². The third-order valence-corrected chi connectivity index (χ3v) is 6.72. The van der Waals surface area contributed by atoms with E-state index in [4.69, 9.17) is 9.84 Å². The minimum Gasteiger partial charge on any atom is -0.508 e. The number of hydrogen-bond donors (Lipinski definition) is 1. The molecule has 3 aromatic carbocycles. The van der Waals surface area contributed by atoms with Crippen LogP contribution in [0.4, 0.5) is 5.69 Å². The molecule has 1 N–H and O–H groups in total. The molecule has 0 radical (unpaired) electrons. The fraction of sp³-hybridized carbons (Fsp3) is 0.286. The van der Waals surface area contributed by atoms with E-state index in [1.807, 2.05) is 66.7 Å². The third kappa shape index (κ3) is 5.15. The number of phenolic OH excluding ortho intramolecular Hbond substituents is 1. The van der Waals surface area contributed by atoms with Crippen LogP contribution >= 0.6 is 0 Å². The summed E-state index contributed by atoms with van der Waals surface area (Å²) in [5, 5.41) is 16.0. The first-order valence-corrected chi connectivity index (χ1v) is 12.0. The van der Waals surface area contributed by atoms with Crippen LogP contribution in [-0.2, 0) is 4.79 Å². The second kappa shape index (κ2) is 10.2. The number of hydrogen-bond acceptors (Lipinski definition) is 6. The van der Waals surface area contributed by atoms with Gasteiger partial charge in [-0.1, -0.05) is 42.5 Å². The van der Waals surface area contributed by atoms with Gasteiger partial charge in [-0.2, -0.15) is 5.10 Å². The number of piperazine rings is 1. The van der Waals surface area contributed by atoms with Crippen molar-refractivity contribution in [1.82, 2.24) is 9.91 Å². The predicted molar refractivity (Wildman–Crippen MR) is 137 cm³/mol. The van der Waals surface area contributed by atoms with E-state index in [0.717, 1.165) is 54.5 Å². The first-order chi connectivity index (χ1) is 17.1. The molecular formula is C28H30N4O3. The summed E-state index contributed by atoms with van der Waals surface area (Å²) in [5.41, 5.74) is 4.11. The van der Waals surface area contributed by atoms with Crippen LogP contribution in [0.2, 0.25) is 0 Å². The molecule has 0 saturated carbocycles. The lowest BCUT2D eigenvalue weighted by molar-refractivity contribution is -0.134. The van der Waals surface area contributed by atoms with Crippen molar-refractivity contribution in [1.29, 1.82) is 0 Å². The Labute approximate surface area is 205 Å². The first kappa shape index (κ1) is 22.9. The van der Waals surface area contributed by atoms with Crippen molar-refractivity contribution >= 4 is 17.3 Å². The van der Waals surface area contributed by atoms with Crippen LogP contribution < -0.4 is 9.64 Å². The number of ether oxygens (including phenoxy) is 1. The second-order valence-electron chi connectivity index (χ2n) is 8.92. The van der Waals surface area contributed by atoms with Gasteiger partial charge in [-0.05, 0) is 47.5 Å². The number of aromatic hydroxyl groups is 1. The molecule has 0 spiro atoms. The Hall–Kier alpha value is -3.84. The maximum atomic E-state index is 13.5. The van der Waals surface area contributed by atoms with Gasteiger partial charge in [-0.3, -0.25) is 9.69 Å². The average Bonchev–Trinajstić information content (AvgIpc) is 3.36. The third-order valence-electron chi connectivity index (χ3n) is 6.72. The molecule has 3 aromatic rings. The highest BCUT2D eigenvalue weighted by Crippen LogP contribution is 2.34. The monoisotopic (exact) mass is 470 g/mol. The quantitative estimate of drug-likeness (QED) is 0.592. The SMILES string of the molecule is COc1ccc([C@H]2CC(c3ccccc3)=NN2C(=O)CN2CCN(c3ccc(O)cc3)CC2)cc1. The van der Waals surface area contributed by atoms with Gasteiger partial charge in [-0.15, -0.1) is 0 Å². The van der Waals surface area contributed by atoms with Gasteiger partial charge in [-0.25, -0.2) is 5.01 Å². The number of benzene rings is 3. The Kier molecular flexibility index (Phi) is 6.68. The van der Waals surface area contributed by atoms with Crippen LogP contribution in [0.1, 0.15) is 23.6 Å². The summed E-state index contributed by atoms with van der Waals surface area (Å²) in [6.07, 6.45) is 0.677. The number of hydrazone groups is 1. The summed E-state index contributed by atoms with van der Waals surface area (Å²) in [7, 11) is 1.65. The molecule has 2 aliphatic rings. The van der Waals surface area contributed by atoms with E-state index in [-0.39, 0.29) is 17.7 Å². The number of nitrogens with zero attached hydrogens (tertiary/aromatic N) is 4. The maximum absolute atomic E-state index is 13.5. The molecule has 35 heavy (non-hydrogen) atoms. The number of phenols is 1. The molecule has 1 fully saturated rings. The Morgan fingerprint density at radius 1 is 0.943 bits per heavy atom. The van der Waals surface area contributed by atoms with Gasteiger partial charge in [0.15, 0.2) is 0 Å². The molecular weight excluding hydrogens is 440 g/mol. The molecule has 180 valence electrons. The number of carbonyl (C=O) groups excluding carboxylic acids is 1. The van der Waals surface area contributed by atoms with Gasteiger partial charge < -0.3 is 14.7 Å². The summed E-state index contributed by atoms with van der Waals surface area (Å²) in [6, 6.07) is 25.1. The van der Waals surface area contributed by atoms with Crippen molar-refractivity contribution in [3.8, 4) is 11.5 Å². The highest BCUT2D eigenvalue weighted by atomic mass is 16.5. The first-order valence-electron chi connectivity index (χ1n) is 12.0. The Morgan fingerprint density at radius 3 is 2.29 bits per heavy atom. The summed E-state index contributed by atoms with van der Waals surface area (Å²) in [6.45, 7) is 3.59. The summed E-state index contributed by atoms with van der Waals surface area (Å²) in [5.74, 6) is 1.07. The maximum Gasteiger partial charge on any atom is 0.257 e. The Bertz CT molecular complexity index is 1170. The zero-order valence-electron chi connectivity index (χ0n) is 19.9. The molecule has 2 heterocycles. The van der Waals surface area contributed by atoms with Gasteiger partial charge in [0.25, 0.3) is 5.91 Å². The number of methoxy groups -OCH3 is 1. The lowest BCUT2D eigenvalue weighted by Crippen LogP contribution is -2.49. The summed E-state index contributed by atoms with van der Waals surface area (Å²) in [4.78, 5) is 18.0. The number of carbonyl (C=O) groups is 1. The number of anilines is 1. The molecule has 0 aliphatic carbocycles. The van der Waals surface area contributed by atoms with Crippen molar-refractivity contribution in [3.63, 3.8) is 0 Å². The normalized spacial score (nSPS) is 18.4. The smallest absolute Gasteiger partial charge is 0.257 e. The average molecular weight is 471 g/mol. The van der Waals surface area contributed by atoms with Crippen LogP contribution in [0.25, 0.3) is 0 Å². The van der Waals surface area contributed by atoms with E-state index in [1.54, 1.807) is 24.3 Å². The van der Waals surface area contributed by atoms with Crippen LogP contribution in [0.5, 0.6) is 11.5 Å². The van der Waals surface area contributed by atoms with Crippen molar-refractivity contribution in [3.05, 3.63) is 90.0 Å².